The molecule has 0 spiro atoms. The lowest BCUT2D eigenvalue weighted by molar-refractivity contribution is -0.123. The van der Waals surface area contributed by atoms with Crippen molar-refractivity contribution in [2.45, 2.75) is 13.0 Å². The van der Waals surface area contributed by atoms with Crippen molar-refractivity contribution in [3.8, 4) is 16.2 Å². The van der Waals surface area contributed by atoms with E-state index in [4.69, 9.17) is 15.6 Å². The van der Waals surface area contributed by atoms with Crippen LogP contribution in [0, 0.1) is 0 Å². The molecular weight excluding hydrogens is 278 g/mol. The van der Waals surface area contributed by atoms with Gasteiger partial charge in [-0.3, -0.25) is 4.79 Å². The molecule has 0 aliphatic rings. The van der Waals surface area contributed by atoms with Crippen molar-refractivity contribution in [1.29, 1.82) is 0 Å². The number of nitrogens with two attached hydrogens (primary N) is 1. The van der Waals surface area contributed by atoms with E-state index >= 15 is 0 Å². The summed E-state index contributed by atoms with van der Waals surface area (Å²) in [5.74, 6) is -1.03. The van der Waals surface area contributed by atoms with Gasteiger partial charge in [0.25, 0.3) is 5.91 Å². The molecule has 0 bridgehead atoms. The Bertz CT molecular complexity index is 650. The molecule has 3 N–H and O–H groups in total. The van der Waals surface area contributed by atoms with Crippen molar-refractivity contribution in [3.05, 3.63) is 41.3 Å². The summed E-state index contributed by atoms with van der Waals surface area (Å²) in [7, 11) is 0. The maximum absolute atomic E-state index is 11.1. The first-order valence-electron chi connectivity index (χ1n) is 5.87. The first kappa shape index (κ1) is 14.1. The number of ether oxygens (including phenoxy) is 1. The van der Waals surface area contributed by atoms with Gasteiger partial charge in [-0.1, -0.05) is 12.1 Å². The van der Waals surface area contributed by atoms with Crippen LogP contribution in [-0.4, -0.2) is 23.1 Å². The van der Waals surface area contributed by atoms with E-state index in [1.807, 2.05) is 6.07 Å². The number of hydrogen-bond acceptors (Lipinski definition) is 4. The van der Waals surface area contributed by atoms with E-state index in [9.17, 15) is 9.59 Å². The molecule has 0 radical (unpaired) electrons. The Morgan fingerprint density at radius 2 is 1.95 bits per heavy atom. The minimum atomic E-state index is -0.967. The first-order valence-corrected chi connectivity index (χ1v) is 6.69. The fourth-order valence-electron chi connectivity index (χ4n) is 1.62. The van der Waals surface area contributed by atoms with Crippen LogP contribution in [0.2, 0.25) is 0 Å². The Morgan fingerprint density at radius 1 is 1.25 bits per heavy atom. The van der Waals surface area contributed by atoms with Gasteiger partial charge < -0.3 is 15.6 Å². The zero-order chi connectivity index (χ0) is 14.7. The number of carboxylic acid groups (broad SMARTS) is 1. The number of thiophene rings is 1. The molecule has 0 aliphatic heterocycles. The van der Waals surface area contributed by atoms with Crippen molar-refractivity contribution in [3.63, 3.8) is 0 Å². The van der Waals surface area contributed by atoms with Crippen molar-refractivity contribution >= 4 is 23.2 Å². The molecule has 5 nitrogen and oxygen atoms in total. The Balaban J connectivity index is 2.36. The number of carbonyl (C=O) groups excluding carboxylic acids is 1. The van der Waals surface area contributed by atoms with E-state index < -0.39 is 18.0 Å². The SMILES string of the molecule is C[C@@H](Oc1ccccc1-c1ccc(C(=O)O)s1)C(N)=O. The summed E-state index contributed by atoms with van der Waals surface area (Å²) in [4.78, 5) is 23.0. The van der Waals surface area contributed by atoms with E-state index in [0.717, 1.165) is 21.8 Å². The molecule has 1 heterocycles. The summed E-state index contributed by atoms with van der Waals surface area (Å²) in [6.07, 6.45) is -0.755. The molecule has 1 atom stereocenters. The topological polar surface area (TPSA) is 89.6 Å². The van der Waals surface area contributed by atoms with E-state index in [0.29, 0.717) is 5.75 Å². The van der Waals surface area contributed by atoms with Crippen LogP contribution in [0.1, 0.15) is 16.6 Å². The number of aromatic carboxylic acids is 1. The van der Waals surface area contributed by atoms with E-state index in [1.165, 1.54) is 6.07 Å². The number of amides is 1. The third-order valence-corrected chi connectivity index (χ3v) is 3.78. The molecule has 1 aromatic heterocycles. The average molecular weight is 291 g/mol. The van der Waals surface area contributed by atoms with Crippen LogP contribution in [0.25, 0.3) is 10.4 Å². The zero-order valence-corrected chi connectivity index (χ0v) is 11.5. The van der Waals surface area contributed by atoms with Crippen molar-refractivity contribution in [2.75, 3.05) is 0 Å². The zero-order valence-electron chi connectivity index (χ0n) is 10.7. The number of carboxylic acids is 1. The second kappa shape index (κ2) is 5.75. The number of rotatable bonds is 5. The summed E-state index contributed by atoms with van der Waals surface area (Å²) in [6, 6.07) is 10.4. The van der Waals surface area contributed by atoms with E-state index in [-0.39, 0.29) is 4.88 Å². The van der Waals surface area contributed by atoms with Gasteiger partial charge >= 0.3 is 5.97 Å². The number of para-hydroxylation sites is 1. The summed E-state index contributed by atoms with van der Waals surface area (Å²) in [5, 5.41) is 8.95. The minimum Gasteiger partial charge on any atom is -0.480 e. The normalized spacial score (nSPS) is 11.8. The Kier molecular flexibility index (Phi) is 4.05. The van der Waals surface area contributed by atoms with Gasteiger partial charge in [-0.25, -0.2) is 4.79 Å². The van der Waals surface area contributed by atoms with Crippen LogP contribution in [0.5, 0.6) is 5.75 Å². The lowest BCUT2D eigenvalue weighted by Crippen LogP contribution is -2.30. The highest BCUT2D eigenvalue weighted by atomic mass is 32.1. The summed E-state index contributed by atoms with van der Waals surface area (Å²) >= 11 is 1.15. The number of benzene rings is 1. The van der Waals surface area contributed by atoms with Crippen LogP contribution in [-0.2, 0) is 4.79 Å². The van der Waals surface area contributed by atoms with E-state index in [1.54, 1.807) is 31.2 Å². The molecule has 0 unspecified atom stereocenters. The highest BCUT2D eigenvalue weighted by Gasteiger charge is 2.15. The largest absolute Gasteiger partial charge is 0.480 e. The van der Waals surface area contributed by atoms with Crippen LogP contribution in [0.3, 0.4) is 0 Å². The Labute approximate surface area is 119 Å². The van der Waals surface area contributed by atoms with Gasteiger partial charge in [0.05, 0.1) is 0 Å². The molecule has 1 aromatic carbocycles. The molecule has 2 aromatic rings. The van der Waals surface area contributed by atoms with Crippen LogP contribution < -0.4 is 10.5 Å². The molecular formula is C14H13NO4S. The summed E-state index contributed by atoms with van der Waals surface area (Å²) in [5.41, 5.74) is 5.91. The molecule has 0 aliphatic carbocycles. The highest BCUT2D eigenvalue weighted by Crippen LogP contribution is 2.35. The van der Waals surface area contributed by atoms with Gasteiger partial charge in [0.1, 0.15) is 10.6 Å². The van der Waals surface area contributed by atoms with Crippen LogP contribution >= 0.6 is 11.3 Å². The fraction of sp³-hybridized carbons (Fsp3) is 0.143. The number of hydrogen-bond donors (Lipinski definition) is 2. The lowest BCUT2D eigenvalue weighted by Gasteiger charge is -2.14. The van der Waals surface area contributed by atoms with Gasteiger partial charge in [0.15, 0.2) is 6.10 Å². The molecule has 0 saturated heterocycles. The molecule has 2 rings (SSSR count). The van der Waals surface area contributed by atoms with Crippen LogP contribution in [0.15, 0.2) is 36.4 Å². The molecule has 104 valence electrons. The smallest absolute Gasteiger partial charge is 0.345 e. The molecule has 1 amide bonds. The second-order valence-corrected chi connectivity index (χ2v) is 5.21. The van der Waals surface area contributed by atoms with Gasteiger partial charge in [0.2, 0.25) is 0 Å². The highest BCUT2D eigenvalue weighted by molar-refractivity contribution is 7.17. The lowest BCUT2D eigenvalue weighted by atomic mass is 10.1. The second-order valence-electron chi connectivity index (χ2n) is 4.13. The van der Waals surface area contributed by atoms with Crippen molar-refractivity contribution in [2.24, 2.45) is 5.73 Å². The van der Waals surface area contributed by atoms with Crippen LogP contribution in [0.4, 0.5) is 0 Å². The maximum Gasteiger partial charge on any atom is 0.345 e. The summed E-state index contributed by atoms with van der Waals surface area (Å²) in [6.45, 7) is 1.57. The number of carbonyl (C=O) groups is 2. The van der Waals surface area contributed by atoms with Gasteiger partial charge in [-0.05, 0) is 31.2 Å². The van der Waals surface area contributed by atoms with Gasteiger partial charge in [-0.2, -0.15) is 0 Å². The average Bonchev–Trinajstić information content (AvgIpc) is 2.88. The van der Waals surface area contributed by atoms with Gasteiger partial charge in [0, 0.05) is 10.4 Å². The monoisotopic (exact) mass is 291 g/mol. The fourth-order valence-corrected chi connectivity index (χ4v) is 2.49. The molecule has 0 fully saturated rings. The quantitative estimate of drug-likeness (QED) is 0.885. The first-order chi connectivity index (χ1) is 9.49. The standard InChI is InChI=1S/C14H13NO4S/c1-8(13(15)16)19-10-5-3-2-4-9(10)11-6-7-12(20-11)14(17)18/h2-8H,1H3,(H2,15,16)(H,17,18)/t8-/m1/s1. The Hall–Kier alpha value is -2.34. The Morgan fingerprint density at radius 3 is 2.55 bits per heavy atom. The predicted octanol–water partition coefficient (Wildman–Crippen LogP) is 2.37. The van der Waals surface area contributed by atoms with Gasteiger partial charge in [-0.15, -0.1) is 11.3 Å². The third-order valence-electron chi connectivity index (χ3n) is 2.67. The predicted molar refractivity (Wildman–Crippen MR) is 76.0 cm³/mol. The summed E-state index contributed by atoms with van der Waals surface area (Å²) < 4.78 is 5.52. The van der Waals surface area contributed by atoms with Crippen molar-refractivity contribution in [1.82, 2.24) is 0 Å². The minimum absolute atomic E-state index is 0.248. The van der Waals surface area contributed by atoms with E-state index in [2.05, 4.69) is 0 Å². The molecule has 6 heteroatoms. The number of primary amides is 1. The third kappa shape index (κ3) is 2.97. The maximum atomic E-state index is 11.1. The molecule has 20 heavy (non-hydrogen) atoms. The van der Waals surface area contributed by atoms with Crippen molar-refractivity contribution < 1.29 is 19.4 Å². The molecule has 0 saturated carbocycles.